The molecule has 0 aromatic heterocycles. The minimum absolute atomic E-state index is 0.138. The number of aliphatic hydroxyl groups is 1. The zero-order valence-corrected chi connectivity index (χ0v) is 14.3. The predicted octanol–water partition coefficient (Wildman–Crippen LogP) is 1.49. The van der Waals surface area contributed by atoms with E-state index >= 15 is 0 Å². The van der Waals surface area contributed by atoms with Gasteiger partial charge in [-0.1, -0.05) is 13.0 Å². The Labute approximate surface area is 133 Å². The summed E-state index contributed by atoms with van der Waals surface area (Å²) in [6, 6.07) is 5.66. The van der Waals surface area contributed by atoms with Crippen LogP contribution in [-0.2, 0) is 16.4 Å². The maximum absolute atomic E-state index is 11.5. The molecule has 21 heavy (non-hydrogen) atoms. The Morgan fingerprint density at radius 2 is 2.19 bits per heavy atom. The van der Waals surface area contributed by atoms with Crippen molar-refractivity contribution in [1.29, 1.82) is 0 Å². The first-order chi connectivity index (χ1) is 9.91. The Kier molecular flexibility index (Phi) is 5.65. The molecule has 7 heteroatoms. The van der Waals surface area contributed by atoms with Gasteiger partial charge in [-0.3, -0.25) is 0 Å². The van der Waals surface area contributed by atoms with Crippen molar-refractivity contribution < 1.29 is 18.3 Å². The first-order valence-corrected chi connectivity index (χ1v) is 9.57. The highest BCUT2D eigenvalue weighted by Crippen LogP contribution is 2.29. The van der Waals surface area contributed by atoms with Crippen molar-refractivity contribution in [3.05, 3.63) is 28.2 Å². The molecule has 0 spiro atoms. The average Bonchev–Trinajstić information content (AvgIpc) is 2.66. The predicted molar refractivity (Wildman–Crippen MR) is 85.2 cm³/mol. The number of benzene rings is 1. The van der Waals surface area contributed by atoms with Gasteiger partial charge in [0.1, 0.15) is 18.0 Å². The normalized spacial score (nSPS) is 24.1. The van der Waals surface area contributed by atoms with Crippen LogP contribution in [0.15, 0.2) is 22.7 Å². The number of sulfone groups is 1. The highest BCUT2D eigenvalue weighted by Gasteiger charge is 2.38. The number of ether oxygens (including phenoxy) is 1. The summed E-state index contributed by atoms with van der Waals surface area (Å²) in [5, 5.41) is 13.1. The first kappa shape index (κ1) is 16.7. The Morgan fingerprint density at radius 1 is 1.43 bits per heavy atom. The van der Waals surface area contributed by atoms with Gasteiger partial charge in [0.05, 0.1) is 16.0 Å². The lowest BCUT2D eigenvalue weighted by Gasteiger charge is -2.17. The minimum atomic E-state index is -3.20. The lowest BCUT2D eigenvalue weighted by molar-refractivity contribution is 0.0733. The molecule has 2 N–H and O–H groups in total. The van der Waals surface area contributed by atoms with Crippen LogP contribution in [0.3, 0.4) is 0 Å². The van der Waals surface area contributed by atoms with Gasteiger partial charge in [-0.05, 0) is 46.6 Å². The van der Waals surface area contributed by atoms with Crippen molar-refractivity contribution in [3.8, 4) is 5.75 Å². The summed E-state index contributed by atoms with van der Waals surface area (Å²) in [6.07, 6.45) is -0.584. The van der Waals surface area contributed by atoms with E-state index in [0.29, 0.717) is 5.75 Å². The molecule has 1 aromatic rings. The van der Waals surface area contributed by atoms with E-state index < -0.39 is 22.0 Å². The van der Waals surface area contributed by atoms with E-state index in [1.807, 2.05) is 12.1 Å². The summed E-state index contributed by atoms with van der Waals surface area (Å²) in [4.78, 5) is 0. The van der Waals surface area contributed by atoms with Gasteiger partial charge in [-0.15, -0.1) is 0 Å². The number of hydrogen-bond acceptors (Lipinski definition) is 5. The fourth-order valence-corrected chi connectivity index (χ4v) is 4.41. The summed E-state index contributed by atoms with van der Waals surface area (Å²) in [7, 11) is -3.20. The molecule has 1 fully saturated rings. The third-order valence-electron chi connectivity index (χ3n) is 3.30. The molecular formula is C14H20BrNO4S. The molecule has 0 amide bonds. The lowest BCUT2D eigenvalue weighted by atomic mass is 10.2. The Balaban J connectivity index is 2.01. The van der Waals surface area contributed by atoms with Crippen molar-refractivity contribution in [2.45, 2.75) is 32.1 Å². The van der Waals surface area contributed by atoms with Crippen LogP contribution in [0.2, 0.25) is 0 Å². The molecule has 1 aromatic carbocycles. The first-order valence-electron chi connectivity index (χ1n) is 6.95. The molecule has 5 nitrogen and oxygen atoms in total. The molecule has 1 heterocycles. The molecule has 2 unspecified atom stereocenters. The number of nitrogens with one attached hydrogen (secondary N) is 1. The van der Waals surface area contributed by atoms with Gasteiger partial charge in [0.25, 0.3) is 0 Å². The van der Waals surface area contributed by atoms with Crippen LogP contribution in [0, 0.1) is 0 Å². The fraction of sp³-hybridized carbons (Fsp3) is 0.571. The van der Waals surface area contributed by atoms with Crippen molar-refractivity contribution >= 4 is 25.8 Å². The van der Waals surface area contributed by atoms with Crippen molar-refractivity contribution in [2.24, 2.45) is 0 Å². The monoisotopic (exact) mass is 377 g/mol. The van der Waals surface area contributed by atoms with Crippen LogP contribution in [0.25, 0.3) is 0 Å². The SMILES string of the molecule is CCCNCc1ccc(OC2CS(=O)(=O)CC2O)c(Br)c1. The van der Waals surface area contributed by atoms with E-state index in [1.165, 1.54) is 0 Å². The van der Waals surface area contributed by atoms with E-state index in [4.69, 9.17) is 4.74 Å². The summed E-state index contributed by atoms with van der Waals surface area (Å²) >= 11 is 3.43. The molecule has 2 atom stereocenters. The topological polar surface area (TPSA) is 75.6 Å². The van der Waals surface area contributed by atoms with Gasteiger partial charge in [-0.2, -0.15) is 0 Å². The molecule has 0 aliphatic carbocycles. The fourth-order valence-electron chi connectivity index (χ4n) is 2.23. The molecule has 1 aliphatic heterocycles. The maximum atomic E-state index is 11.5. The highest BCUT2D eigenvalue weighted by atomic mass is 79.9. The van der Waals surface area contributed by atoms with Crippen LogP contribution < -0.4 is 10.1 Å². The Hall–Kier alpha value is -0.630. The third-order valence-corrected chi connectivity index (χ3v) is 5.61. The second-order valence-corrected chi connectivity index (χ2v) is 8.25. The van der Waals surface area contributed by atoms with Crippen molar-refractivity contribution in [3.63, 3.8) is 0 Å². The Bertz CT molecular complexity index is 591. The van der Waals surface area contributed by atoms with Crippen LogP contribution in [0.5, 0.6) is 5.75 Å². The second-order valence-electron chi connectivity index (χ2n) is 5.24. The van der Waals surface area contributed by atoms with E-state index in [1.54, 1.807) is 6.07 Å². The number of hydrogen-bond donors (Lipinski definition) is 2. The zero-order valence-electron chi connectivity index (χ0n) is 11.9. The van der Waals surface area contributed by atoms with Gasteiger partial charge >= 0.3 is 0 Å². The number of halogens is 1. The van der Waals surface area contributed by atoms with Gasteiger partial charge in [0.2, 0.25) is 0 Å². The van der Waals surface area contributed by atoms with Crippen LogP contribution >= 0.6 is 15.9 Å². The van der Waals surface area contributed by atoms with Gasteiger partial charge in [0, 0.05) is 6.54 Å². The quantitative estimate of drug-likeness (QED) is 0.734. The highest BCUT2D eigenvalue weighted by molar-refractivity contribution is 9.10. The lowest BCUT2D eigenvalue weighted by Crippen LogP contribution is -2.29. The van der Waals surface area contributed by atoms with E-state index in [9.17, 15) is 13.5 Å². The minimum Gasteiger partial charge on any atom is -0.485 e. The standard InChI is InChI=1S/C14H20BrNO4S/c1-2-5-16-7-10-3-4-13(11(15)6-10)20-14-9-21(18,19)8-12(14)17/h3-4,6,12,14,16-17H,2,5,7-9H2,1H3. The Morgan fingerprint density at radius 3 is 2.76 bits per heavy atom. The van der Waals surface area contributed by atoms with Crippen molar-refractivity contribution in [1.82, 2.24) is 5.32 Å². The average molecular weight is 378 g/mol. The van der Waals surface area contributed by atoms with Crippen molar-refractivity contribution in [2.75, 3.05) is 18.1 Å². The molecule has 1 aliphatic rings. The van der Waals surface area contributed by atoms with Crippen LogP contribution in [0.4, 0.5) is 0 Å². The van der Waals surface area contributed by atoms with Crippen LogP contribution in [0.1, 0.15) is 18.9 Å². The molecule has 0 saturated carbocycles. The van der Waals surface area contributed by atoms with E-state index in [2.05, 4.69) is 28.2 Å². The third kappa shape index (κ3) is 4.67. The zero-order chi connectivity index (χ0) is 15.5. The van der Waals surface area contributed by atoms with Gasteiger partial charge in [-0.25, -0.2) is 8.42 Å². The molecular weight excluding hydrogens is 358 g/mol. The largest absolute Gasteiger partial charge is 0.485 e. The maximum Gasteiger partial charge on any atom is 0.156 e. The second kappa shape index (κ2) is 7.09. The molecule has 1 saturated heterocycles. The van der Waals surface area contributed by atoms with E-state index in [0.717, 1.165) is 29.5 Å². The summed E-state index contributed by atoms with van der Waals surface area (Å²) in [5.41, 5.74) is 1.11. The number of rotatable bonds is 6. The van der Waals surface area contributed by atoms with Gasteiger partial charge < -0.3 is 15.2 Å². The smallest absolute Gasteiger partial charge is 0.156 e. The molecule has 0 radical (unpaired) electrons. The van der Waals surface area contributed by atoms with E-state index in [-0.39, 0.29) is 11.5 Å². The summed E-state index contributed by atoms with van der Waals surface area (Å²) < 4.78 is 29.3. The van der Waals surface area contributed by atoms with Crippen LogP contribution in [-0.4, -0.2) is 43.8 Å². The number of aliphatic hydroxyl groups excluding tert-OH is 1. The summed E-state index contributed by atoms with van der Waals surface area (Å²) in [6.45, 7) is 3.84. The molecule has 0 bridgehead atoms. The summed E-state index contributed by atoms with van der Waals surface area (Å²) in [5.74, 6) is 0.185. The van der Waals surface area contributed by atoms with Gasteiger partial charge in [0.15, 0.2) is 9.84 Å². The molecule has 118 valence electrons. The molecule has 2 rings (SSSR count).